The number of anilines is 1. The highest BCUT2D eigenvalue weighted by Crippen LogP contribution is 2.19. The van der Waals surface area contributed by atoms with E-state index in [1.165, 1.54) is 6.21 Å². The number of halogens is 1. The number of esters is 1. The van der Waals surface area contributed by atoms with Gasteiger partial charge in [-0.3, -0.25) is 9.59 Å². The first-order valence-electron chi connectivity index (χ1n) is 9.62. The molecule has 0 saturated heterocycles. The molecule has 0 aromatic heterocycles. The number of ether oxygens (including phenoxy) is 1. The van der Waals surface area contributed by atoms with Gasteiger partial charge in [0.05, 0.1) is 11.8 Å². The van der Waals surface area contributed by atoms with Crippen molar-refractivity contribution in [3.05, 3.63) is 94.0 Å². The second-order valence-corrected chi connectivity index (χ2v) is 7.32. The number of hydrogen-bond acceptors (Lipinski definition) is 5. The summed E-state index contributed by atoms with van der Waals surface area (Å²) in [6.45, 7) is 3.86. The number of carbonyl (C=O) groups excluding carboxylic acids is 3. The number of hydrazone groups is 1. The van der Waals surface area contributed by atoms with Crippen molar-refractivity contribution < 1.29 is 19.1 Å². The summed E-state index contributed by atoms with van der Waals surface area (Å²) in [5, 5.41) is 6.81. The van der Waals surface area contributed by atoms with Crippen LogP contribution in [0.5, 0.6) is 5.75 Å². The predicted molar refractivity (Wildman–Crippen MR) is 123 cm³/mol. The summed E-state index contributed by atoms with van der Waals surface area (Å²) in [4.78, 5) is 36.4. The van der Waals surface area contributed by atoms with Crippen LogP contribution in [0.15, 0.2) is 71.8 Å². The van der Waals surface area contributed by atoms with Gasteiger partial charge in [-0.25, -0.2) is 10.2 Å². The molecule has 0 unspecified atom stereocenters. The number of amides is 2. The first-order chi connectivity index (χ1) is 15.3. The lowest BCUT2D eigenvalue weighted by Gasteiger charge is -2.08. The number of nitrogens with one attached hydrogen (secondary N) is 2. The van der Waals surface area contributed by atoms with E-state index in [4.69, 9.17) is 16.3 Å². The van der Waals surface area contributed by atoms with Crippen LogP contribution in [-0.4, -0.2) is 24.0 Å². The quantitative estimate of drug-likeness (QED) is 0.200. The molecule has 0 atom stereocenters. The zero-order valence-corrected chi connectivity index (χ0v) is 18.1. The molecule has 0 aliphatic heterocycles. The third-order valence-corrected chi connectivity index (χ3v) is 4.79. The Kier molecular flexibility index (Phi) is 7.36. The standard InChI is InChI=1S/C24H20ClN3O4/c1-15-7-12-20(13-16(15)2)27-22(29)23(30)28-26-14-18-5-3-4-6-21(18)32-24(31)17-8-10-19(25)11-9-17/h3-14H,1-2H3,(H,27,29)(H,28,30). The smallest absolute Gasteiger partial charge is 0.343 e. The van der Waals surface area contributed by atoms with Crippen LogP contribution < -0.4 is 15.5 Å². The normalized spacial score (nSPS) is 10.6. The van der Waals surface area contributed by atoms with Crippen LogP contribution in [-0.2, 0) is 9.59 Å². The van der Waals surface area contributed by atoms with E-state index in [1.54, 1.807) is 60.7 Å². The van der Waals surface area contributed by atoms with Crippen LogP contribution in [0.3, 0.4) is 0 Å². The van der Waals surface area contributed by atoms with Gasteiger partial charge in [0, 0.05) is 16.3 Å². The van der Waals surface area contributed by atoms with Crippen molar-refractivity contribution >= 4 is 41.3 Å². The summed E-state index contributed by atoms with van der Waals surface area (Å²) < 4.78 is 5.41. The van der Waals surface area contributed by atoms with Crippen molar-refractivity contribution in [1.29, 1.82) is 0 Å². The lowest BCUT2D eigenvalue weighted by atomic mass is 10.1. The Hall–Kier alpha value is -3.97. The molecule has 32 heavy (non-hydrogen) atoms. The minimum Gasteiger partial charge on any atom is -0.422 e. The average molecular weight is 450 g/mol. The van der Waals surface area contributed by atoms with Gasteiger partial charge in [-0.2, -0.15) is 5.10 Å². The molecule has 8 heteroatoms. The minimum atomic E-state index is -0.935. The highest BCUT2D eigenvalue weighted by molar-refractivity contribution is 6.39. The molecule has 162 valence electrons. The van der Waals surface area contributed by atoms with Gasteiger partial charge in [0.25, 0.3) is 0 Å². The molecule has 0 saturated carbocycles. The number of aryl methyl sites for hydroxylation is 2. The largest absolute Gasteiger partial charge is 0.422 e. The monoisotopic (exact) mass is 449 g/mol. The van der Waals surface area contributed by atoms with E-state index in [9.17, 15) is 14.4 Å². The molecule has 0 aliphatic rings. The van der Waals surface area contributed by atoms with Crippen molar-refractivity contribution in [2.75, 3.05) is 5.32 Å². The van der Waals surface area contributed by atoms with E-state index >= 15 is 0 Å². The molecule has 0 heterocycles. The van der Waals surface area contributed by atoms with Gasteiger partial charge < -0.3 is 10.1 Å². The number of nitrogens with zero attached hydrogens (tertiary/aromatic N) is 1. The van der Waals surface area contributed by atoms with Gasteiger partial charge >= 0.3 is 17.8 Å². The van der Waals surface area contributed by atoms with Crippen LogP contribution in [0.2, 0.25) is 5.02 Å². The van der Waals surface area contributed by atoms with Crippen LogP contribution >= 0.6 is 11.6 Å². The van der Waals surface area contributed by atoms with E-state index in [1.807, 2.05) is 19.9 Å². The third-order valence-electron chi connectivity index (χ3n) is 4.54. The number of para-hydroxylation sites is 1. The lowest BCUT2D eigenvalue weighted by molar-refractivity contribution is -0.136. The maximum absolute atomic E-state index is 12.3. The maximum atomic E-state index is 12.3. The van der Waals surface area contributed by atoms with Crippen molar-refractivity contribution in [2.24, 2.45) is 5.10 Å². The van der Waals surface area contributed by atoms with Gasteiger partial charge in [0.15, 0.2) is 0 Å². The summed E-state index contributed by atoms with van der Waals surface area (Å²) in [6, 6.07) is 18.3. The summed E-state index contributed by atoms with van der Waals surface area (Å²) in [7, 11) is 0. The first kappa shape index (κ1) is 22.7. The number of rotatable bonds is 5. The number of carbonyl (C=O) groups is 3. The van der Waals surface area contributed by atoms with Crippen molar-refractivity contribution in [3.63, 3.8) is 0 Å². The summed E-state index contributed by atoms with van der Waals surface area (Å²) >= 11 is 5.83. The molecule has 3 aromatic carbocycles. The van der Waals surface area contributed by atoms with Gasteiger partial charge in [0.2, 0.25) is 0 Å². The molecule has 0 radical (unpaired) electrons. The lowest BCUT2D eigenvalue weighted by Crippen LogP contribution is -2.32. The SMILES string of the molecule is Cc1ccc(NC(=O)C(=O)NN=Cc2ccccc2OC(=O)c2ccc(Cl)cc2)cc1C. The Morgan fingerprint density at radius 2 is 1.62 bits per heavy atom. The zero-order chi connectivity index (χ0) is 23.1. The van der Waals surface area contributed by atoms with E-state index in [-0.39, 0.29) is 5.75 Å². The Morgan fingerprint density at radius 3 is 2.34 bits per heavy atom. The Labute approximate surface area is 190 Å². The van der Waals surface area contributed by atoms with Crippen molar-refractivity contribution in [3.8, 4) is 5.75 Å². The molecule has 3 rings (SSSR count). The van der Waals surface area contributed by atoms with E-state index in [0.29, 0.717) is 21.8 Å². The number of benzene rings is 3. The van der Waals surface area contributed by atoms with Gasteiger partial charge in [-0.05, 0) is 73.5 Å². The molecular formula is C24H20ClN3O4. The highest BCUT2D eigenvalue weighted by Gasteiger charge is 2.14. The van der Waals surface area contributed by atoms with Gasteiger partial charge in [-0.15, -0.1) is 0 Å². The van der Waals surface area contributed by atoms with E-state index < -0.39 is 17.8 Å². The van der Waals surface area contributed by atoms with Gasteiger partial charge in [0.1, 0.15) is 5.75 Å². The first-order valence-corrected chi connectivity index (χ1v) is 9.99. The summed E-state index contributed by atoms with van der Waals surface area (Å²) in [5.74, 6) is -2.12. The molecule has 0 fully saturated rings. The van der Waals surface area contributed by atoms with E-state index in [0.717, 1.165) is 11.1 Å². The molecule has 2 amide bonds. The molecule has 0 bridgehead atoms. The fraction of sp³-hybridized carbons (Fsp3) is 0.0833. The Balaban J connectivity index is 1.62. The second-order valence-electron chi connectivity index (χ2n) is 6.89. The Morgan fingerprint density at radius 1 is 0.906 bits per heavy atom. The van der Waals surface area contributed by atoms with Gasteiger partial charge in [-0.1, -0.05) is 29.8 Å². The molecule has 7 nitrogen and oxygen atoms in total. The maximum Gasteiger partial charge on any atom is 0.343 e. The molecule has 0 aliphatic carbocycles. The molecule has 0 spiro atoms. The fourth-order valence-electron chi connectivity index (χ4n) is 2.64. The fourth-order valence-corrected chi connectivity index (χ4v) is 2.77. The Bertz CT molecular complexity index is 1190. The van der Waals surface area contributed by atoms with Crippen molar-refractivity contribution in [1.82, 2.24) is 5.43 Å². The second kappa shape index (κ2) is 10.4. The number of hydrogen-bond donors (Lipinski definition) is 2. The molecule has 3 aromatic rings. The van der Waals surface area contributed by atoms with Crippen LogP contribution in [0.1, 0.15) is 27.0 Å². The molecule has 2 N–H and O–H groups in total. The third kappa shape index (κ3) is 6.02. The predicted octanol–water partition coefficient (Wildman–Crippen LogP) is 4.26. The highest BCUT2D eigenvalue weighted by atomic mass is 35.5. The van der Waals surface area contributed by atoms with E-state index in [2.05, 4.69) is 15.8 Å². The van der Waals surface area contributed by atoms with Crippen LogP contribution in [0.4, 0.5) is 5.69 Å². The zero-order valence-electron chi connectivity index (χ0n) is 17.4. The molecular weight excluding hydrogens is 430 g/mol. The average Bonchev–Trinajstić information content (AvgIpc) is 2.77. The van der Waals surface area contributed by atoms with Crippen molar-refractivity contribution in [2.45, 2.75) is 13.8 Å². The van der Waals surface area contributed by atoms with Crippen LogP contribution in [0, 0.1) is 13.8 Å². The summed E-state index contributed by atoms with van der Waals surface area (Å²) in [5.41, 5.74) is 5.50. The minimum absolute atomic E-state index is 0.241. The summed E-state index contributed by atoms with van der Waals surface area (Å²) in [6.07, 6.45) is 1.28. The topological polar surface area (TPSA) is 96.9 Å². The van der Waals surface area contributed by atoms with Crippen LogP contribution in [0.25, 0.3) is 0 Å².